The van der Waals surface area contributed by atoms with E-state index in [4.69, 9.17) is 0 Å². The fourth-order valence-corrected chi connectivity index (χ4v) is 3.76. The zero-order valence-electron chi connectivity index (χ0n) is 16.0. The van der Waals surface area contributed by atoms with E-state index in [0.29, 0.717) is 19.6 Å². The molecule has 1 saturated heterocycles. The Labute approximate surface area is 163 Å². The van der Waals surface area contributed by atoms with Crippen LogP contribution in [0.15, 0.2) is 59.4 Å². The number of hydrogen-bond donors (Lipinski definition) is 1. The zero-order chi connectivity index (χ0) is 19.5. The van der Waals surface area contributed by atoms with Gasteiger partial charge >= 0.3 is 5.69 Å². The fourth-order valence-electron chi connectivity index (χ4n) is 3.76. The number of aromatic nitrogens is 3. The van der Waals surface area contributed by atoms with Crippen LogP contribution in [0.4, 0.5) is 0 Å². The maximum Gasteiger partial charge on any atom is 0.343 e. The quantitative estimate of drug-likeness (QED) is 0.761. The number of hydrogen-bond acceptors (Lipinski definition) is 3. The van der Waals surface area contributed by atoms with Crippen molar-refractivity contribution in [3.05, 3.63) is 87.6 Å². The van der Waals surface area contributed by atoms with Gasteiger partial charge in [-0.25, -0.2) is 9.48 Å². The van der Waals surface area contributed by atoms with Gasteiger partial charge in [0.05, 0.1) is 6.54 Å². The highest BCUT2D eigenvalue weighted by Crippen LogP contribution is 2.26. The highest BCUT2D eigenvalue weighted by Gasteiger charge is 2.27. The minimum Gasteiger partial charge on any atom is -0.339 e. The SMILES string of the molecule is Cc1ccccc1C(=O)N1CCC(c2nn(Cc3ccccc3)c(=O)[nH]2)CC1. The zero-order valence-corrected chi connectivity index (χ0v) is 16.0. The summed E-state index contributed by atoms with van der Waals surface area (Å²) in [5.74, 6) is 0.981. The number of carbonyl (C=O) groups excluding carboxylic acids is 1. The maximum atomic E-state index is 12.8. The molecule has 144 valence electrons. The lowest BCUT2D eigenvalue weighted by molar-refractivity contribution is 0.0710. The van der Waals surface area contributed by atoms with Gasteiger partial charge in [0, 0.05) is 24.6 Å². The fraction of sp³-hybridized carbons (Fsp3) is 0.318. The summed E-state index contributed by atoms with van der Waals surface area (Å²) in [7, 11) is 0. The van der Waals surface area contributed by atoms with E-state index in [1.54, 1.807) is 0 Å². The average molecular weight is 376 g/mol. The van der Waals surface area contributed by atoms with Crippen molar-refractivity contribution in [2.24, 2.45) is 0 Å². The van der Waals surface area contributed by atoms with Crippen LogP contribution in [-0.4, -0.2) is 38.7 Å². The molecule has 1 fully saturated rings. The molecule has 28 heavy (non-hydrogen) atoms. The van der Waals surface area contributed by atoms with Crippen LogP contribution in [0.25, 0.3) is 0 Å². The van der Waals surface area contributed by atoms with E-state index < -0.39 is 0 Å². The summed E-state index contributed by atoms with van der Waals surface area (Å²) in [5.41, 5.74) is 2.62. The molecule has 0 saturated carbocycles. The summed E-state index contributed by atoms with van der Waals surface area (Å²) in [6.45, 7) is 3.77. The lowest BCUT2D eigenvalue weighted by Gasteiger charge is -2.31. The van der Waals surface area contributed by atoms with E-state index in [1.807, 2.05) is 66.4 Å². The monoisotopic (exact) mass is 376 g/mol. The van der Waals surface area contributed by atoms with Crippen molar-refractivity contribution in [3.8, 4) is 0 Å². The molecule has 1 aliphatic rings. The summed E-state index contributed by atoms with van der Waals surface area (Å²) in [4.78, 5) is 29.8. The number of aryl methyl sites for hydroxylation is 1. The number of likely N-dealkylation sites (tertiary alicyclic amines) is 1. The highest BCUT2D eigenvalue weighted by atomic mass is 16.2. The Hall–Kier alpha value is -3.15. The molecule has 1 N–H and O–H groups in total. The molecule has 1 aromatic heterocycles. The third-order valence-corrected chi connectivity index (χ3v) is 5.42. The summed E-state index contributed by atoms with van der Waals surface area (Å²) < 4.78 is 1.48. The van der Waals surface area contributed by atoms with Gasteiger partial charge in [-0.15, -0.1) is 0 Å². The summed E-state index contributed by atoms with van der Waals surface area (Å²) >= 11 is 0. The first-order valence-corrected chi connectivity index (χ1v) is 9.67. The number of aromatic amines is 1. The van der Waals surface area contributed by atoms with E-state index in [-0.39, 0.29) is 17.5 Å². The number of H-pyrrole nitrogens is 1. The highest BCUT2D eigenvalue weighted by molar-refractivity contribution is 5.95. The number of nitrogens with zero attached hydrogens (tertiary/aromatic N) is 3. The molecule has 0 bridgehead atoms. The van der Waals surface area contributed by atoms with Gasteiger partial charge in [-0.05, 0) is 37.0 Å². The van der Waals surface area contributed by atoms with Crippen molar-refractivity contribution >= 4 is 5.91 Å². The predicted octanol–water partition coefficient (Wildman–Crippen LogP) is 2.95. The van der Waals surface area contributed by atoms with Crippen LogP contribution in [0, 0.1) is 6.92 Å². The number of benzene rings is 2. The minimum atomic E-state index is -0.183. The second-order valence-corrected chi connectivity index (χ2v) is 7.34. The van der Waals surface area contributed by atoms with Crippen LogP contribution in [0.1, 0.15) is 46.1 Å². The molecule has 6 heteroatoms. The van der Waals surface area contributed by atoms with Crippen molar-refractivity contribution in [3.63, 3.8) is 0 Å². The average Bonchev–Trinajstić information content (AvgIpc) is 3.09. The van der Waals surface area contributed by atoms with E-state index in [9.17, 15) is 9.59 Å². The Morgan fingerprint density at radius 1 is 1.07 bits per heavy atom. The summed E-state index contributed by atoms with van der Waals surface area (Å²) in [6, 6.07) is 17.5. The molecule has 0 aliphatic carbocycles. The molecule has 3 aromatic rings. The molecule has 0 radical (unpaired) electrons. The van der Waals surface area contributed by atoms with E-state index in [2.05, 4.69) is 10.1 Å². The van der Waals surface area contributed by atoms with E-state index in [1.165, 1.54) is 4.68 Å². The Balaban J connectivity index is 1.42. The van der Waals surface area contributed by atoms with Gasteiger partial charge in [-0.3, -0.25) is 9.78 Å². The van der Waals surface area contributed by atoms with Gasteiger partial charge in [0.2, 0.25) is 0 Å². The molecular formula is C22H24N4O2. The third kappa shape index (κ3) is 3.76. The molecule has 6 nitrogen and oxygen atoms in total. The van der Waals surface area contributed by atoms with Crippen LogP contribution < -0.4 is 5.69 Å². The summed E-state index contributed by atoms with van der Waals surface area (Å²) in [6.07, 6.45) is 1.60. The Kier molecular flexibility index (Phi) is 5.10. The van der Waals surface area contributed by atoms with Crippen LogP contribution in [0.5, 0.6) is 0 Å². The van der Waals surface area contributed by atoms with Crippen LogP contribution in [0.3, 0.4) is 0 Å². The predicted molar refractivity (Wildman–Crippen MR) is 107 cm³/mol. The largest absolute Gasteiger partial charge is 0.343 e. The molecule has 2 aromatic carbocycles. The van der Waals surface area contributed by atoms with Crippen molar-refractivity contribution in [1.82, 2.24) is 19.7 Å². The molecule has 0 spiro atoms. The molecule has 0 atom stereocenters. The van der Waals surface area contributed by atoms with Gasteiger partial charge in [0.25, 0.3) is 5.91 Å². The molecule has 4 rings (SSSR count). The van der Waals surface area contributed by atoms with Crippen molar-refractivity contribution in [1.29, 1.82) is 0 Å². The van der Waals surface area contributed by atoms with Gasteiger partial charge in [0.15, 0.2) is 0 Å². The second kappa shape index (κ2) is 7.84. The first-order valence-electron chi connectivity index (χ1n) is 9.67. The normalized spacial score (nSPS) is 15.0. The molecule has 2 heterocycles. The Morgan fingerprint density at radius 3 is 2.46 bits per heavy atom. The Morgan fingerprint density at radius 2 is 1.75 bits per heavy atom. The van der Waals surface area contributed by atoms with E-state index in [0.717, 1.165) is 35.4 Å². The van der Waals surface area contributed by atoms with Crippen LogP contribution in [0.2, 0.25) is 0 Å². The lowest BCUT2D eigenvalue weighted by Crippen LogP contribution is -2.38. The number of carbonyl (C=O) groups is 1. The van der Waals surface area contributed by atoms with Gasteiger partial charge in [-0.1, -0.05) is 48.5 Å². The second-order valence-electron chi connectivity index (χ2n) is 7.34. The minimum absolute atomic E-state index is 0.0830. The first-order chi connectivity index (χ1) is 13.6. The number of rotatable bonds is 4. The molecule has 1 amide bonds. The van der Waals surface area contributed by atoms with E-state index >= 15 is 0 Å². The maximum absolute atomic E-state index is 12.8. The molecule has 1 aliphatic heterocycles. The lowest BCUT2D eigenvalue weighted by atomic mass is 9.95. The van der Waals surface area contributed by atoms with Crippen molar-refractivity contribution < 1.29 is 4.79 Å². The number of nitrogens with one attached hydrogen (secondary N) is 1. The molecule has 0 unspecified atom stereocenters. The number of piperidine rings is 1. The first kappa shape index (κ1) is 18.2. The standard InChI is InChI=1S/C22H24N4O2/c1-16-7-5-6-10-19(16)21(27)25-13-11-18(12-14-25)20-23-22(28)26(24-20)15-17-8-3-2-4-9-17/h2-10,18H,11-15H2,1H3,(H,23,24,28). The van der Waals surface area contributed by atoms with Crippen LogP contribution in [-0.2, 0) is 6.54 Å². The topological polar surface area (TPSA) is 71.0 Å². The van der Waals surface area contributed by atoms with Gasteiger partial charge in [0.1, 0.15) is 5.82 Å². The van der Waals surface area contributed by atoms with Crippen LogP contribution >= 0.6 is 0 Å². The summed E-state index contributed by atoms with van der Waals surface area (Å²) in [5, 5.41) is 4.52. The smallest absolute Gasteiger partial charge is 0.339 e. The molecular weight excluding hydrogens is 352 g/mol. The van der Waals surface area contributed by atoms with Gasteiger partial charge < -0.3 is 4.90 Å². The van der Waals surface area contributed by atoms with Crippen molar-refractivity contribution in [2.75, 3.05) is 13.1 Å². The Bertz CT molecular complexity index is 1010. The third-order valence-electron chi connectivity index (χ3n) is 5.42. The van der Waals surface area contributed by atoms with Gasteiger partial charge in [-0.2, -0.15) is 5.10 Å². The number of amides is 1. The van der Waals surface area contributed by atoms with Crippen molar-refractivity contribution in [2.45, 2.75) is 32.2 Å².